The van der Waals surface area contributed by atoms with Gasteiger partial charge in [-0.1, -0.05) is 12.1 Å². The van der Waals surface area contributed by atoms with Gasteiger partial charge in [0.2, 0.25) is 0 Å². The van der Waals surface area contributed by atoms with E-state index < -0.39 is 11.9 Å². The molecule has 2 aromatic carbocycles. The van der Waals surface area contributed by atoms with E-state index in [4.69, 9.17) is 9.47 Å². The molecule has 1 aromatic heterocycles. The van der Waals surface area contributed by atoms with Crippen LogP contribution in [0.25, 0.3) is 6.08 Å². The highest BCUT2D eigenvalue weighted by molar-refractivity contribution is 7.09. The second kappa shape index (κ2) is 10.3. The fourth-order valence-electron chi connectivity index (χ4n) is 2.36. The number of ether oxygens (including phenoxy) is 3. The maximum Gasteiger partial charge on any atom is 0.337 e. The third-order valence-electron chi connectivity index (χ3n) is 3.88. The lowest BCUT2D eigenvalue weighted by molar-refractivity contribution is -0.139. The standard InChI is InChI=1S/C22H18FNO5S/c1-27-22(26)16-5-2-15(3-6-16)4-11-21(25)29-12-18-14-30-20(24-18)13-28-19-9-7-17(23)8-10-19/h2-11,14H,12-13H2,1H3/b11-4+. The van der Waals surface area contributed by atoms with E-state index in [1.54, 1.807) is 47.9 Å². The number of aromatic nitrogens is 1. The van der Waals surface area contributed by atoms with Crippen molar-refractivity contribution < 1.29 is 28.2 Å². The van der Waals surface area contributed by atoms with E-state index in [2.05, 4.69) is 9.72 Å². The number of hydrogen-bond acceptors (Lipinski definition) is 7. The maximum absolute atomic E-state index is 12.9. The number of carbonyl (C=O) groups excluding carboxylic acids is 2. The fourth-order valence-corrected chi connectivity index (χ4v) is 3.05. The zero-order chi connectivity index (χ0) is 21.3. The Balaban J connectivity index is 1.45. The molecule has 0 spiro atoms. The SMILES string of the molecule is COC(=O)c1ccc(/C=C/C(=O)OCc2csc(COc3ccc(F)cc3)n2)cc1. The van der Waals surface area contributed by atoms with Crippen LogP contribution in [0.3, 0.4) is 0 Å². The molecule has 0 atom stereocenters. The van der Waals surface area contributed by atoms with Crippen LogP contribution in [-0.4, -0.2) is 24.0 Å². The van der Waals surface area contributed by atoms with Crippen molar-refractivity contribution in [2.24, 2.45) is 0 Å². The zero-order valence-corrected chi connectivity index (χ0v) is 16.9. The normalized spacial score (nSPS) is 10.7. The van der Waals surface area contributed by atoms with Gasteiger partial charge in [0.05, 0.1) is 18.4 Å². The summed E-state index contributed by atoms with van der Waals surface area (Å²) in [5.74, 6) is -0.711. The Bertz CT molecular complexity index is 1030. The van der Waals surface area contributed by atoms with Crippen molar-refractivity contribution in [2.45, 2.75) is 13.2 Å². The molecule has 1 heterocycles. The van der Waals surface area contributed by atoms with Crippen molar-refractivity contribution >= 4 is 29.4 Å². The van der Waals surface area contributed by atoms with Gasteiger partial charge in [0.1, 0.15) is 29.8 Å². The van der Waals surface area contributed by atoms with Gasteiger partial charge in [-0.3, -0.25) is 0 Å². The van der Waals surface area contributed by atoms with Crippen LogP contribution in [0.5, 0.6) is 5.75 Å². The van der Waals surface area contributed by atoms with E-state index in [-0.39, 0.29) is 19.0 Å². The molecule has 0 aliphatic carbocycles. The number of benzene rings is 2. The summed E-state index contributed by atoms with van der Waals surface area (Å²) in [6.07, 6.45) is 2.89. The predicted octanol–water partition coefficient (Wildman–Crippen LogP) is 4.40. The van der Waals surface area contributed by atoms with Crippen molar-refractivity contribution in [1.82, 2.24) is 4.98 Å². The monoisotopic (exact) mass is 427 g/mol. The van der Waals surface area contributed by atoms with Crippen LogP contribution in [0.1, 0.15) is 26.6 Å². The molecule has 0 aliphatic heterocycles. The summed E-state index contributed by atoms with van der Waals surface area (Å²) in [6, 6.07) is 12.4. The molecule has 0 aliphatic rings. The smallest absolute Gasteiger partial charge is 0.337 e. The van der Waals surface area contributed by atoms with E-state index in [1.807, 2.05) is 0 Å². The van der Waals surface area contributed by atoms with Gasteiger partial charge in [-0.2, -0.15) is 0 Å². The minimum absolute atomic E-state index is 0.0392. The Labute approximate surface area is 176 Å². The first kappa shape index (κ1) is 21.2. The lowest BCUT2D eigenvalue weighted by Gasteiger charge is -2.03. The summed E-state index contributed by atoms with van der Waals surface area (Å²) in [4.78, 5) is 27.6. The van der Waals surface area contributed by atoms with E-state index in [0.717, 1.165) is 5.56 Å². The minimum Gasteiger partial charge on any atom is -0.486 e. The Morgan fingerprint density at radius 2 is 1.80 bits per heavy atom. The van der Waals surface area contributed by atoms with Crippen LogP contribution in [0.4, 0.5) is 4.39 Å². The van der Waals surface area contributed by atoms with Crippen LogP contribution in [0, 0.1) is 5.82 Å². The predicted molar refractivity (Wildman–Crippen MR) is 109 cm³/mol. The van der Waals surface area contributed by atoms with Crippen molar-refractivity contribution in [1.29, 1.82) is 0 Å². The van der Waals surface area contributed by atoms with Gasteiger partial charge >= 0.3 is 11.9 Å². The van der Waals surface area contributed by atoms with E-state index >= 15 is 0 Å². The summed E-state index contributed by atoms with van der Waals surface area (Å²) < 4.78 is 28.2. The lowest BCUT2D eigenvalue weighted by Crippen LogP contribution is -2.02. The summed E-state index contributed by atoms with van der Waals surface area (Å²) >= 11 is 1.38. The van der Waals surface area contributed by atoms with E-state index in [9.17, 15) is 14.0 Å². The van der Waals surface area contributed by atoms with Crippen LogP contribution < -0.4 is 4.74 Å². The average molecular weight is 427 g/mol. The highest BCUT2D eigenvalue weighted by atomic mass is 32.1. The van der Waals surface area contributed by atoms with Crippen LogP contribution in [0.2, 0.25) is 0 Å². The van der Waals surface area contributed by atoms with Crippen molar-refractivity contribution in [2.75, 3.05) is 7.11 Å². The molecule has 0 fully saturated rings. The Hall–Kier alpha value is -3.52. The molecule has 154 valence electrons. The van der Waals surface area contributed by atoms with Crippen LogP contribution in [0.15, 0.2) is 60.0 Å². The van der Waals surface area contributed by atoms with Crippen LogP contribution in [-0.2, 0) is 27.5 Å². The maximum atomic E-state index is 12.9. The largest absolute Gasteiger partial charge is 0.486 e. The number of hydrogen-bond donors (Lipinski definition) is 0. The molecule has 8 heteroatoms. The van der Waals surface area contributed by atoms with Gasteiger partial charge in [0.25, 0.3) is 0 Å². The first-order chi connectivity index (χ1) is 14.5. The number of halogens is 1. The molecule has 0 amide bonds. The molecule has 0 radical (unpaired) electrons. The minimum atomic E-state index is -0.510. The quantitative estimate of drug-likeness (QED) is 0.392. The zero-order valence-electron chi connectivity index (χ0n) is 16.0. The van der Waals surface area contributed by atoms with Crippen LogP contribution >= 0.6 is 11.3 Å². The van der Waals surface area contributed by atoms with Gasteiger partial charge in [-0.25, -0.2) is 19.0 Å². The molecular weight excluding hydrogens is 409 g/mol. The van der Waals surface area contributed by atoms with Gasteiger partial charge in [-0.05, 0) is 48.0 Å². The molecule has 30 heavy (non-hydrogen) atoms. The van der Waals surface area contributed by atoms with Gasteiger partial charge in [0, 0.05) is 11.5 Å². The summed E-state index contributed by atoms with van der Waals surface area (Å²) in [5.41, 5.74) is 1.79. The highest BCUT2D eigenvalue weighted by Crippen LogP contribution is 2.16. The molecule has 0 N–H and O–H groups in total. The van der Waals surface area contributed by atoms with Gasteiger partial charge in [-0.15, -0.1) is 11.3 Å². The topological polar surface area (TPSA) is 74.7 Å². The Kier molecular flexibility index (Phi) is 7.29. The second-order valence-electron chi connectivity index (χ2n) is 6.03. The highest BCUT2D eigenvalue weighted by Gasteiger charge is 2.07. The molecule has 0 unspecified atom stereocenters. The summed E-state index contributed by atoms with van der Waals surface area (Å²) in [7, 11) is 1.32. The number of methoxy groups -OCH3 is 1. The summed E-state index contributed by atoms with van der Waals surface area (Å²) in [6.45, 7) is 0.281. The third-order valence-corrected chi connectivity index (χ3v) is 4.75. The first-order valence-corrected chi connectivity index (χ1v) is 9.76. The molecule has 0 saturated heterocycles. The number of carbonyl (C=O) groups is 2. The number of thiazole rings is 1. The van der Waals surface area contributed by atoms with E-state index in [1.165, 1.54) is 36.7 Å². The van der Waals surface area contributed by atoms with Gasteiger partial charge < -0.3 is 14.2 Å². The lowest BCUT2D eigenvalue weighted by atomic mass is 10.1. The average Bonchev–Trinajstić information content (AvgIpc) is 3.23. The molecule has 6 nitrogen and oxygen atoms in total. The molecule has 3 rings (SSSR count). The van der Waals surface area contributed by atoms with Crippen molar-refractivity contribution in [3.05, 3.63) is 87.6 Å². The fraction of sp³-hybridized carbons (Fsp3) is 0.136. The van der Waals surface area contributed by atoms with Gasteiger partial charge in [0.15, 0.2) is 0 Å². The number of rotatable bonds is 8. The second-order valence-corrected chi connectivity index (χ2v) is 6.97. The van der Waals surface area contributed by atoms with Crippen molar-refractivity contribution in [3.8, 4) is 5.75 Å². The molecule has 3 aromatic rings. The Morgan fingerprint density at radius 3 is 2.50 bits per heavy atom. The molecule has 0 saturated carbocycles. The first-order valence-electron chi connectivity index (χ1n) is 8.88. The summed E-state index contributed by atoms with van der Waals surface area (Å²) in [5, 5.41) is 2.50. The Morgan fingerprint density at radius 1 is 1.07 bits per heavy atom. The number of esters is 2. The molecule has 0 bridgehead atoms. The molecular formula is C22H18FNO5S. The van der Waals surface area contributed by atoms with Crippen molar-refractivity contribution in [3.63, 3.8) is 0 Å². The van der Waals surface area contributed by atoms with E-state index in [0.29, 0.717) is 22.0 Å². The third kappa shape index (κ3) is 6.25. The number of nitrogens with zero attached hydrogens (tertiary/aromatic N) is 1.